The molecule has 19 heavy (non-hydrogen) atoms. The van der Waals surface area contributed by atoms with E-state index < -0.39 is 9.84 Å². The quantitative estimate of drug-likeness (QED) is 0.778. The third-order valence-corrected chi connectivity index (χ3v) is 5.38. The van der Waals surface area contributed by atoms with Crippen LogP contribution in [-0.4, -0.2) is 19.2 Å². The van der Waals surface area contributed by atoms with E-state index in [4.69, 9.17) is 11.6 Å². The summed E-state index contributed by atoms with van der Waals surface area (Å²) in [6.45, 7) is 1.58. The summed E-state index contributed by atoms with van der Waals surface area (Å²) in [5.41, 5.74) is 1.61. The summed E-state index contributed by atoms with van der Waals surface area (Å²) in [6, 6.07) is 9.11. The molecular weight excluding hydrogens is 350 g/mol. The van der Waals surface area contributed by atoms with E-state index in [1.54, 1.807) is 19.2 Å². The molecule has 6 heteroatoms. The van der Waals surface area contributed by atoms with Crippen molar-refractivity contribution in [3.05, 3.63) is 46.2 Å². The Morgan fingerprint density at radius 1 is 1.21 bits per heavy atom. The Kier molecular flexibility index (Phi) is 4.28. The number of aromatic nitrogens is 1. The molecule has 0 unspecified atom stereocenters. The second kappa shape index (κ2) is 5.61. The van der Waals surface area contributed by atoms with Crippen LogP contribution in [0, 0.1) is 0 Å². The van der Waals surface area contributed by atoms with Gasteiger partial charge in [-0.2, -0.15) is 0 Å². The van der Waals surface area contributed by atoms with E-state index in [1.165, 1.54) is 0 Å². The van der Waals surface area contributed by atoms with E-state index in [0.717, 1.165) is 15.6 Å². The topological polar surface area (TPSA) is 47.0 Å². The fourth-order valence-corrected chi connectivity index (χ4v) is 3.25. The van der Waals surface area contributed by atoms with Crippen LogP contribution < -0.4 is 0 Å². The minimum atomic E-state index is -3.37. The summed E-state index contributed by atoms with van der Waals surface area (Å²) in [7, 11) is -3.37. The summed E-state index contributed by atoms with van der Waals surface area (Å²) in [4.78, 5) is 4.05. The highest BCUT2D eigenvalue weighted by Crippen LogP contribution is 2.27. The van der Waals surface area contributed by atoms with E-state index in [0.29, 0.717) is 0 Å². The predicted octanol–water partition coefficient (Wildman–Crippen LogP) is 3.96. The molecule has 0 amide bonds. The van der Waals surface area contributed by atoms with Gasteiger partial charge in [-0.1, -0.05) is 46.6 Å². The smallest absolute Gasteiger partial charge is 0.181 e. The first-order valence-corrected chi connectivity index (χ1v) is 8.40. The minimum Gasteiger partial charge on any atom is -0.243 e. The molecule has 0 aliphatic carbocycles. The fourth-order valence-electron chi connectivity index (χ4n) is 1.60. The second-order valence-electron chi connectivity index (χ2n) is 3.92. The zero-order valence-electron chi connectivity index (χ0n) is 10.1. The number of sulfone groups is 1. The SMILES string of the molecule is CCS(=O)(=O)c1cc(-c2ccc(Br)cc2)cnc1Cl. The number of rotatable bonds is 3. The van der Waals surface area contributed by atoms with Crippen molar-refractivity contribution in [2.75, 3.05) is 5.75 Å². The normalized spacial score (nSPS) is 11.5. The molecule has 0 aliphatic rings. The van der Waals surface area contributed by atoms with Gasteiger partial charge in [-0.25, -0.2) is 13.4 Å². The number of nitrogens with zero attached hydrogens (tertiary/aromatic N) is 1. The molecule has 100 valence electrons. The number of halogens is 2. The molecule has 2 aromatic rings. The van der Waals surface area contributed by atoms with Crippen LogP contribution >= 0.6 is 27.5 Å². The minimum absolute atomic E-state index is 0.00179. The van der Waals surface area contributed by atoms with Crippen molar-refractivity contribution in [2.45, 2.75) is 11.8 Å². The van der Waals surface area contributed by atoms with Gasteiger partial charge in [0.25, 0.3) is 0 Å². The molecular formula is C13H11BrClNO2S. The average molecular weight is 361 g/mol. The van der Waals surface area contributed by atoms with Gasteiger partial charge in [0.1, 0.15) is 10.0 Å². The lowest BCUT2D eigenvalue weighted by molar-refractivity contribution is 0.597. The summed E-state index contributed by atoms with van der Waals surface area (Å²) >= 11 is 9.23. The van der Waals surface area contributed by atoms with Gasteiger partial charge >= 0.3 is 0 Å². The Labute approximate surface area is 125 Å². The maximum absolute atomic E-state index is 11.9. The zero-order chi connectivity index (χ0) is 14.0. The molecule has 0 atom stereocenters. The van der Waals surface area contributed by atoms with Crippen molar-refractivity contribution >= 4 is 37.4 Å². The summed E-state index contributed by atoms with van der Waals surface area (Å²) in [5, 5.41) is 0.0164. The molecule has 0 bridgehead atoms. The van der Waals surface area contributed by atoms with Gasteiger partial charge in [-0.15, -0.1) is 0 Å². The highest BCUT2D eigenvalue weighted by atomic mass is 79.9. The van der Waals surface area contributed by atoms with Crippen molar-refractivity contribution < 1.29 is 8.42 Å². The van der Waals surface area contributed by atoms with Crippen molar-refractivity contribution in [2.24, 2.45) is 0 Å². The van der Waals surface area contributed by atoms with Gasteiger partial charge in [-0.3, -0.25) is 0 Å². The van der Waals surface area contributed by atoms with Crippen LogP contribution in [0.1, 0.15) is 6.92 Å². The van der Waals surface area contributed by atoms with Crippen molar-refractivity contribution in [1.82, 2.24) is 4.98 Å². The van der Waals surface area contributed by atoms with Gasteiger partial charge < -0.3 is 0 Å². The van der Waals surface area contributed by atoms with Crippen molar-refractivity contribution in [3.8, 4) is 11.1 Å². The third-order valence-electron chi connectivity index (χ3n) is 2.70. The predicted molar refractivity (Wildman–Crippen MR) is 80.1 cm³/mol. The lowest BCUT2D eigenvalue weighted by Crippen LogP contribution is -2.05. The third kappa shape index (κ3) is 3.16. The largest absolute Gasteiger partial charge is 0.243 e. The van der Waals surface area contributed by atoms with Crippen LogP contribution in [0.2, 0.25) is 5.15 Å². The molecule has 0 radical (unpaired) electrons. The van der Waals surface area contributed by atoms with Gasteiger partial charge in [0.15, 0.2) is 9.84 Å². The van der Waals surface area contributed by atoms with Crippen LogP contribution in [-0.2, 0) is 9.84 Å². The van der Waals surface area contributed by atoms with Crippen LogP contribution in [0.15, 0.2) is 45.9 Å². The summed E-state index contributed by atoms with van der Waals surface area (Å²) < 4.78 is 24.8. The number of pyridine rings is 1. The standard InChI is InChI=1S/C13H11BrClNO2S/c1-2-19(17,18)12-7-10(8-16-13(12)15)9-3-5-11(14)6-4-9/h3-8H,2H2,1H3. The van der Waals surface area contributed by atoms with Crippen LogP contribution in [0.5, 0.6) is 0 Å². The Morgan fingerprint density at radius 2 is 1.84 bits per heavy atom. The number of benzene rings is 1. The van der Waals surface area contributed by atoms with Gasteiger partial charge in [-0.05, 0) is 23.8 Å². The lowest BCUT2D eigenvalue weighted by Gasteiger charge is -2.07. The van der Waals surface area contributed by atoms with E-state index >= 15 is 0 Å². The molecule has 1 aromatic heterocycles. The zero-order valence-corrected chi connectivity index (χ0v) is 13.3. The Morgan fingerprint density at radius 3 is 2.42 bits per heavy atom. The lowest BCUT2D eigenvalue weighted by atomic mass is 10.1. The Hall–Kier alpha value is -0.910. The molecule has 0 fully saturated rings. The Bertz CT molecular complexity index is 699. The molecule has 2 rings (SSSR count). The molecule has 0 spiro atoms. The van der Waals surface area contributed by atoms with Gasteiger partial charge in [0.05, 0.1) is 5.75 Å². The van der Waals surface area contributed by atoms with Gasteiger partial charge in [0.2, 0.25) is 0 Å². The monoisotopic (exact) mass is 359 g/mol. The first kappa shape index (κ1) is 14.5. The molecule has 3 nitrogen and oxygen atoms in total. The first-order chi connectivity index (χ1) is 8.94. The maximum atomic E-state index is 11.9. The number of hydrogen-bond donors (Lipinski definition) is 0. The molecule has 1 aromatic carbocycles. The van der Waals surface area contributed by atoms with Crippen molar-refractivity contribution in [1.29, 1.82) is 0 Å². The summed E-state index contributed by atoms with van der Waals surface area (Å²) in [6.07, 6.45) is 1.57. The molecule has 0 aliphatic heterocycles. The second-order valence-corrected chi connectivity index (χ2v) is 7.44. The van der Waals surface area contributed by atoms with Crippen LogP contribution in [0.25, 0.3) is 11.1 Å². The van der Waals surface area contributed by atoms with Crippen LogP contribution in [0.4, 0.5) is 0 Å². The van der Waals surface area contributed by atoms with Crippen molar-refractivity contribution in [3.63, 3.8) is 0 Å². The molecule has 1 heterocycles. The molecule has 0 saturated heterocycles. The fraction of sp³-hybridized carbons (Fsp3) is 0.154. The highest BCUT2D eigenvalue weighted by molar-refractivity contribution is 9.10. The highest BCUT2D eigenvalue weighted by Gasteiger charge is 2.17. The average Bonchev–Trinajstić information content (AvgIpc) is 2.40. The van der Waals surface area contributed by atoms with E-state index in [1.807, 2.05) is 24.3 Å². The Balaban J connectivity index is 2.56. The van der Waals surface area contributed by atoms with E-state index in [9.17, 15) is 8.42 Å². The van der Waals surface area contributed by atoms with E-state index in [2.05, 4.69) is 20.9 Å². The molecule has 0 saturated carbocycles. The molecule has 0 N–H and O–H groups in total. The number of hydrogen-bond acceptors (Lipinski definition) is 3. The first-order valence-electron chi connectivity index (χ1n) is 5.58. The maximum Gasteiger partial charge on any atom is 0.181 e. The van der Waals surface area contributed by atoms with Gasteiger partial charge in [0, 0.05) is 16.2 Å². The van der Waals surface area contributed by atoms with E-state index in [-0.39, 0.29) is 15.8 Å². The summed E-state index contributed by atoms with van der Waals surface area (Å²) in [5.74, 6) is -0.00179. The van der Waals surface area contributed by atoms with Crippen LogP contribution in [0.3, 0.4) is 0 Å².